The van der Waals surface area contributed by atoms with Crippen LogP contribution >= 0.6 is 0 Å². The van der Waals surface area contributed by atoms with E-state index in [-0.39, 0.29) is 11.8 Å². The average molecular weight is 607 g/mol. The maximum atomic E-state index is 11.1. The normalized spacial score (nSPS) is 20.3. The van der Waals surface area contributed by atoms with E-state index >= 15 is 0 Å². The summed E-state index contributed by atoms with van der Waals surface area (Å²) in [5.41, 5.74) is 5.36. The Morgan fingerprint density at radius 1 is 0.732 bits per heavy atom. The van der Waals surface area contributed by atoms with Crippen LogP contribution in [-0.2, 0) is 19.1 Å². The van der Waals surface area contributed by atoms with Crippen molar-refractivity contribution in [3.05, 3.63) is 0 Å². The lowest BCUT2D eigenvalue weighted by molar-refractivity contribution is -0.164. The summed E-state index contributed by atoms with van der Waals surface area (Å²) < 4.78 is 5.27. The molecule has 41 heavy (non-hydrogen) atoms. The zero-order valence-electron chi connectivity index (χ0n) is 22.8. The molecule has 1 amide bonds. The molecule has 244 valence electrons. The molecule has 1 heterocycles. The van der Waals surface area contributed by atoms with E-state index in [9.17, 15) is 14.4 Å². The molecular formula is C23H46N2O16. The Hall–Kier alpha value is -2.07. The van der Waals surface area contributed by atoms with Gasteiger partial charge in [-0.15, -0.1) is 0 Å². The largest absolute Gasteiger partial charge is 0.479 e. The summed E-state index contributed by atoms with van der Waals surface area (Å²) in [5, 5.41) is 104. The number of carbonyl (C=O) groups excluding carboxylic acids is 1. The molecule has 18 nitrogen and oxygen atoms in total. The van der Waals surface area contributed by atoms with Crippen molar-refractivity contribution < 1.29 is 80.4 Å². The van der Waals surface area contributed by atoms with Crippen LogP contribution in [0.25, 0.3) is 0 Å². The van der Waals surface area contributed by atoms with Crippen LogP contribution in [-0.4, -0.2) is 179 Å². The maximum Gasteiger partial charge on any atom is 0.335 e. The second kappa shape index (κ2) is 22.5. The fourth-order valence-corrected chi connectivity index (χ4v) is 3.28. The summed E-state index contributed by atoms with van der Waals surface area (Å²) in [7, 11) is 0. The predicted octanol–water partition coefficient (Wildman–Crippen LogP) is -6.38. The van der Waals surface area contributed by atoms with Crippen molar-refractivity contribution in [2.75, 3.05) is 46.1 Å². The summed E-state index contributed by atoms with van der Waals surface area (Å²) in [6.07, 6.45) is -12.8. The number of carboxylic acid groups (broad SMARTS) is 2. The fourth-order valence-electron chi connectivity index (χ4n) is 3.28. The zero-order valence-corrected chi connectivity index (χ0v) is 22.8. The van der Waals surface area contributed by atoms with Gasteiger partial charge in [0.05, 0.1) is 26.4 Å². The van der Waals surface area contributed by atoms with Gasteiger partial charge in [-0.3, -0.25) is 9.69 Å². The minimum atomic E-state index is -2.20. The topological polar surface area (TPSA) is 332 Å². The first-order valence-electron chi connectivity index (χ1n) is 12.8. The van der Waals surface area contributed by atoms with Crippen molar-refractivity contribution in [2.45, 2.75) is 75.0 Å². The number of aliphatic hydroxyl groups excluding tert-OH is 10. The van der Waals surface area contributed by atoms with Crippen LogP contribution in [0.2, 0.25) is 0 Å². The molecule has 0 aliphatic carbocycles. The van der Waals surface area contributed by atoms with Crippen molar-refractivity contribution in [3.8, 4) is 0 Å². The maximum absolute atomic E-state index is 11.1. The van der Waals surface area contributed by atoms with Gasteiger partial charge in [0.25, 0.3) is 0 Å². The Balaban J connectivity index is 0. The van der Waals surface area contributed by atoms with Gasteiger partial charge in [0, 0.05) is 19.0 Å². The van der Waals surface area contributed by atoms with E-state index in [0.717, 1.165) is 52.1 Å². The number of amides is 1. The minimum Gasteiger partial charge on any atom is -0.479 e. The lowest BCUT2D eigenvalue weighted by Crippen LogP contribution is -2.48. The molecule has 0 radical (unpaired) electrons. The molecule has 9 atom stereocenters. The Labute approximate surface area is 236 Å². The van der Waals surface area contributed by atoms with Crippen LogP contribution in [0.5, 0.6) is 0 Å². The summed E-state index contributed by atoms with van der Waals surface area (Å²) in [6.45, 7) is 4.97. The molecule has 0 saturated carbocycles. The molecule has 1 aliphatic rings. The van der Waals surface area contributed by atoms with Gasteiger partial charge in [-0.1, -0.05) is 13.3 Å². The highest BCUT2D eigenvalue weighted by atomic mass is 16.5. The molecule has 1 rings (SSSR count). The second-order valence-corrected chi connectivity index (χ2v) is 9.16. The van der Waals surface area contributed by atoms with E-state index < -0.39 is 74.0 Å². The van der Waals surface area contributed by atoms with Gasteiger partial charge in [-0.2, -0.15) is 0 Å². The van der Waals surface area contributed by atoms with Crippen LogP contribution in [0.4, 0.5) is 0 Å². The molecule has 0 aromatic carbocycles. The lowest BCUT2D eigenvalue weighted by Gasteiger charge is -2.27. The third kappa shape index (κ3) is 16.8. The van der Waals surface area contributed by atoms with E-state index in [1.165, 1.54) is 0 Å². The van der Waals surface area contributed by atoms with Crippen LogP contribution < -0.4 is 5.73 Å². The van der Waals surface area contributed by atoms with Gasteiger partial charge in [-0.05, 0) is 19.4 Å². The van der Waals surface area contributed by atoms with Gasteiger partial charge >= 0.3 is 11.9 Å². The van der Waals surface area contributed by atoms with Gasteiger partial charge in [-0.25, -0.2) is 9.59 Å². The first-order valence-corrected chi connectivity index (χ1v) is 12.8. The highest BCUT2D eigenvalue weighted by Crippen LogP contribution is 2.12. The Morgan fingerprint density at radius 2 is 1.12 bits per heavy atom. The number of primary amides is 1. The van der Waals surface area contributed by atoms with Gasteiger partial charge < -0.3 is 71.7 Å². The van der Waals surface area contributed by atoms with E-state index in [0.29, 0.717) is 0 Å². The smallest absolute Gasteiger partial charge is 0.335 e. The fraction of sp³-hybridized carbons (Fsp3) is 0.870. The third-order valence-corrected chi connectivity index (χ3v) is 5.95. The number of ether oxygens (including phenoxy) is 1. The summed E-state index contributed by atoms with van der Waals surface area (Å²) in [4.78, 5) is 33.7. The van der Waals surface area contributed by atoms with Crippen molar-refractivity contribution >= 4 is 17.8 Å². The monoisotopic (exact) mass is 606 g/mol. The van der Waals surface area contributed by atoms with Gasteiger partial charge in [0.1, 0.15) is 36.6 Å². The molecule has 1 fully saturated rings. The third-order valence-electron chi connectivity index (χ3n) is 5.95. The van der Waals surface area contributed by atoms with Crippen LogP contribution in [0, 0.1) is 5.92 Å². The Kier molecular flexibility index (Phi) is 22.6. The second-order valence-electron chi connectivity index (χ2n) is 9.16. The number of nitrogens with two attached hydrogens (primary N) is 1. The number of aliphatic hydroxyl groups is 10. The van der Waals surface area contributed by atoms with E-state index in [4.69, 9.17) is 71.7 Å². The molecule has 14 N–H and O–H groups in total. The molecule has 0 aromatic heterocycles. The molecule has 1 aliphatic heterocycles. The zero-order chi connectivity index (χ0) is 32.3. The van der Waals surface area contributed by atoms with Crippen molar-refractivity contribution in [1.82, 2.24) is 4.90 Å². The van der Waals surface area contributed by atoms with Gasteiger partial charge in [0.2, 0.25) is 5.91 Å². The summed E-state index contributed by atoms with van der Waals surface area (Å²) in [5.74, 6) is -3.55. The Morgan fingerprint density at radius 3 is 1.41 bits per heavy atom. The molecule has 1 saturated heterocycles. The van der Waals surface area contributed by atoms with E-state index in [1.54, 1.807) is 0 Å². The standard InChI is InChI=1S/C11H22N2O2.2C6H12O7/c1-2-3-10(11(12)14)4-5-13-6-8-15-9-7-13;2*7-1-2(8)3(9)4(10)5(11)6(12)13/h10H,2-9H2,1H3,(H2,12,14);2*2-5,7-11H,1H2,(H,12,13)/t;2*2-,3-,4+,5-/m.11/s1. The number of morpholine rings is 1. The first-order chi connectivity index (χ1) is 19.1. The van der Waals surface area contributed by atoms with Crippen molar-refractivity contribution in [2.24, 2.45) is 11.7 Å². The number of carboxylic acids is 2. The highest BCUT2D eigenvalue weighted by molar-refractivity contribution is 5.76. The van der Waals surface area contributed by atoms with Crippen LogP contribution in [0.1, 0.15) is 26.2 Å². The number of carbonyl (C=O) groups is 3. The molecule has 0 aromatic rings. The Bertz CT molecular complexity index is 688. The predicted molar refractivity (Wildman–Crippen MR) is 137 cm³/mol. The average Bonchev–Trinajstić information content (AvgIpc) is 2.96. The molecule has 0 spiro atoms. The molecular weight excluding hydrogens is 560 g/mol. The number of hydrogen-bond acceptors (Lipinski definition) is 15. The van der Waals surface area contributed by atoms with Crippen LogP contribution in [0.3, 0.4) is 0 Å². The quantitative estimate of drug-likeness (QED) is 0.0776. The number of nitrogens with zero attached hydrogens (tertiary/aromatic N) is 1. The number of rotatable bonds is 16. The molecule has 0 bridgehead atoms. The summed E-state index contributed by atoms with van der Waals surface area (Å²) in [6, 6.07) is 0. The SMILES string of the molecule is CCCC(CCN1CCOCC1)C(N)=O.O=C(O)[C@H](O)[C@@H](O)[C@H](O)[C@H](O)CO.O=C(O)[C@H](O)[C@@H](O)[C@H](O)[C@H](O)CO. The van der Waals surface area contributed by atoms with Crippen molar-refractivity contribution in [1.29, 1.82) is 0 Å². The molecule has 1 unspecified atom stereocenters. The highest BCUT2D eigenvalue weighted by Gasteiger charge is 2.34. The summed E-state index contributed by atoms with van der Waals surface area (Å²) >= 11 is 0. The van der Waals surface area contributed by atoms with E-state index in [2.05, 4.69) is 11.8 Å². The lowest BCUT2D eigenvalue weighted by atomic mass is 9.99. The van der Waals surface area contributed by atoms with E-state index in [1.807, 2.05) is 0 Å². The van der Waals surface area contributed by atoms with Gasteiger partial charge in [0.15, 0.2) is 12.2 Å². The number of aliphatic carboxylic acids is 2. The molecule has 18 heteroatoms. The van der Waals surface area contributed by atoms with Crippen LogP contribution in [0.15, 0.2) is 0 Å². The minimum absolute atomic E-state index is 0.0536. The first kappa shape index (κ1) is 41.1. The van der Waals surface area contributed by atoms with Crippen molar-refractivity contribution in [3.63, 3.8) is 0 Å². The number of hydrogen-bond donors (Lipinski definition) is 13.